The molecule has 1 aliphatic carbocycles. The third-order valence-corrected chi connectivity index (χ3v) is 6.34. The summed E-state index contributed by atoms with van der Waals surface area (Å²) in [5, 5.41) is 3.17. The first-order valence-electron chi connectivity index (χ1n) is 10.8. The SMILES string of the molecule is O=C(CN1CCC(N2CC(=O)N(c3ccccc3)C2=O)CC1)NC1CCCCC1. The summed E-state index contributed by atoms with van der Waals surface area (Å²) < 4.78 is 0. The van der Waals surface area contributed by atoms with Crippen molar-refractivity contribution >= 4 is 23.5 Å². The first-order valence-corrected chi connectivity index (χ1v) is 10.8. The second-order valence-electron chi connectivity index (χ2n) is 8.38. The van der Waals surface area contributed by atoms with Crippen molar-refractivity contribution in [2.75, 3.05) is 31.1 Å². The number of urea groups is 1. The molecule has 3 fully saturated rings. The lowest BCUT2D eigenvalue weighted by Crippen LogP contribution is -2.49. The van der Waals surface area contributed by atoms with Crippen LogP contribution in [0.2, 0.25) is 0 Å². The standard InChI is InChI=1S/C22H30N4O3/c27-20(23-17-7-3-1-4-8-17)15-24-13-11-18(12-14-24)25-16-21(28)26(22(25)29)19-9-5-2-6-10-19/h2,5-6,9-10,17-18H,1,3-4,7-8,11-16H2,(H,23,27). The van der Waals surface area contributed by atoms with Crippen LogP contribution in [0.5, 0.6) is 0 Å². The van der Waals surface area contributed by atoms with Crippen LogP contribution in [0.25, 0.3) is 0 Å². The molecule has 29 heavy (non-hydrogen) atoms. The number of rotatable bonds is 5. The molecule has 0 unspecified atom stereocenters. The van der Waals surface area contributed by atoms with Gasteiger partial charge in [0.05, 0.1) is 12.2 Å². The number of benzene rings is 1. The van der Waals surface area contributed by atoms with E-state index < -0.39 is 0 Å². The normalized spacial score (nSPS) is 22.3. The maximum Gasteiger partial charge on any atom is 0.332 e. The average molecular weight is 399 g/mol. The Hall–Kier alpha value is -2.41. The number of nitrogens with zero attached hydrogens (tertiary/aromatic N) is 3. The van der Waals surface area contributed by atoms with Crippen molar-refractivity contribution < 1.29 is 14.4 Å². The number of carbonyl (C=O) groups excluding carboxylic acids is 3. The molecule has 0 radical (unpaired) electrons. The quantitative estimate of drug-likeness (QED) is 0.773. The predicted molar refractivity (Wildman–Crippen MR) is 111 cm³/mol. The average Bonchev–Trinajstić information content (AvgIpc) is 3.04. The molecule has 0 bridgehead atoms. The van der Waals surface area contributed by atoms with Crippen LogP contribution in [0.1, 0.15) is 44.9 Å². The Labute approximate surface area is 172 Å². The van der Waals surface area contributed by atoms with Crippen LogP contribution >= 0.6 is 0 Å². The van der Waals surface area contributed by atoms with Crippen LogP contribution in [0.3, 0.4) is 0 Å². The van der Waals surface area contributed by atoms with Gasteiger partial charge in [-0.25, -0.2) is 9.69 Å². The van der Waals surface area contributed by atoms with E-state index in [-0.39, 0.29) is 30.4 Å². The largest absolute Gasteiger partial charge is 0.352 e. The summed E-state index contributed by atoms with van der Waals surface area (Å²) in [4.78, 5) is 42.8. The number of piperidine rings is 1. The summed E-state index contributed by atoms with van der Waals surface area (Å²) in [6.45, 7) is 2.10. The van der Waals surface area contributed by atoms with Crippen LogP contribution < -0.4 is 10.2 Å². The Balaban J connectivity index is 1.27. The molecule has 7 nitrogen and oxygen atoms in total. The van der Waals surface area contributed by atoms with Gasteiger partial charge in [0.15, 0.2) is 0 Å². The van der Waals surface area contributed by atoms with Crippen LogP contribution in [-0.4, -0.2) is 65.9 Å². The smallest absolute Gasteiger partial charge is 0.332 e. The molecule has 1 saturated carbocycles. The van der Waals surface area contributed by atoms with Gasteiger partial charge in [-0.05, 0) is 37.8 Å². The van der Waals surface area contributed by atoms with E-state index in [1.165, 1.54) is 24.2 Å². The van der Waals surface area contributed by atoms with E-state index in [0.29, 0.717) is 18.3 Å². The minimum absolute atomic E-state index is 0.0535. The fraction of sp³-hybridized carbons (Fsp3) is 0.591. The Morgan fingerprint density at radius 2 is 1.66 bits per heavy atom. The van der Waals surface area contributed by atoms with E-state index in [4.69, 9.17) is 0 Å². The second kappa shape index (κ2) is 8.95. The van der Waals surface area contributed by atoms with Crippen molar-refractivity contribution in [1.29, 1.82) is 0 Å². The number of nitrogens with one attached hydrogen (secondary N) is 1. The molecule has 2 heterocycles. The van der Waals surface area contributed by atoms with Crippen molar-refractivity contribution in [2.45, 2.75) is 57.0 Å². The van der Waals surface area contributed by atoms with Gasteiger partial charge in [-0.15, -0.1) is 0 Å². The zero-order valence-corrected chi connectivity index (χ0v) is 16.9. The molecule has 1 aromatic carbocycles. The van der Waals surface area contributed by atoms with Gasteiger partial charge >= 0.3 is 6.03 Å². The Morgan fingerprint density at radius 3 is 2.34 bits per heavy atom. The molecule has 1 aromatic rings. The Kier molecular flexibility index (Phi) is 6.13. The molecule has 3 aliphatic rings. The lowest BCUT2D eigenvalue weighted by atomic mass is 9.95. The summed E-state index contributed by atoms with van der Waals surface area (Å²) in [5.41, 5.74) is 0.627. The fourth-order valence-corrected chi connectivity index (χ4v) is 4.75. The first kappa shape index (κ1) is 19.9. The van der Waals surface area contributed by atoms with Crippen molar-refractivity contribution in [3.8, 4) is 0 Å². The number of hydrogen-bond donors (Lipinski definition) is 1. The number of para-hydroxylation sites is 1. The molecule has 2 aliphatic heterocycles. The highest BCUT2D eigenvalue weighted by Crippen LogP contribution is 2.26. The first-order chi connectivity index (χ1) is 14.1. The van der Waals surface area contributed by atoms with Gasteiger partial charge in [-0.3, -0.25) is 14.5 Å². The highest BCUT2D eigenvalue weighted by molar-refractivity contribution is 6.19. The minimum Gasteiger partial charge on any atom is -0.352 e. The van der Waals surface area contributed by atoms with Gasteiger partial charge in [0.2, 0.25) is 5.91 Å². The number of hydrogen-bond acceptors (Lipinski definition) is 4. The van der Waals surface area contributed by atoms with Gasteiger partial charge in [0.25, 0.3) is 5.91 Å². The van der Waals surface area contributed by atoms with Gasteiger partial charge in [0, 0.05) is 25.2 Å². The third-order valence-electron chi connectivity index (χ3n) is 6.34. The van der Waals surface area contributed by atoms with Crippen molar-refractivity contribution in [3.63, 3.8) is 0 Å². The van der Waals surface area contributed by atoms with Crippen molar-refractivity contribution in [3.05, 3.63) is 30.3 Å². The molecule has 1 N–H and O–H groups in total. The zero-order valence-electron chi connectivity index (χ0n) is 16.9. The molecular formula is C22H30N4O3. The molecule has 156 valence electrons. The van der Waals surface area contributed by atoms with E-state index in [2.05, 4.69) is 10.2 Å². The van der Waals surface area contributed by atoms with E-state index in [1.54, 1.807) is 17.0 Å². The molecule has 2 saturated heterocycles. The topological polar surface area (TPSA) is 73.0 Å². The molecule has 0 aromatic heterocycles. The highest BCUT2D eigenvalue weighted by atomic mass is 16.2. The molecule has 0 atom stereocenters. The van der Waals surface area contributed by atoms with Gasteiger partial charge in [0.1, 0.15) is 6.54 Å². The fourth-order valence-electron chi connectivity index (χ4n) is 4.75. The van der Waals surface area contributed by atoms with Crippen LogP contribution in [0, 0.1) is 0 Å². The maximum absolute atomic E-state index is 12.8. The summed E-state index contributed by atoms with van der Waals surface area (Å²) in [6.07, 6.45) is 7.46. The van der Waals surface area contributed by atoms with E-state index in [0.717, 1.165) is 38.8 Å². The highest BCUT2D eigenvalue weighted by Gasteiger charge is 2.41. The van der Waals surface area contributed by atoms with E-state index in [1.807, 2.05) is 18.2 Å². The summed E-state index contributed by atoms with van der Waals surface area (Å²) in [5.74, 6) is -0.0616. The Bertz CT molecular complexity index is 740. The van der Waals surface area contributed by atoms with E-state index >= 15 is 0 Å². The van der Waals surface area contributed by atoms with E-state index in [9.17, 15) is 14.4 Å². The molecule has 7 heteroatoms. The molecule has 0 spiro atoms. The summed E-state index contributed by atoms with van der Waals surface area (Å²) in [6, 6.07) is 9.26. The summed E-state index contributed by atoms with van der Waals surface area (Å²) >= 11 is 0. The Morgan fingerprint density at radius 1 is 0.966 bits per heavy atom. The molecule has 4 amide bonds. The number of anilines is 1. The number of likely N-dealkylation sites (tertiary alicyclic amines) is 1. The lowest BCUT2D eigenvalue weighted by Gasteiger charge is -2.36. The number of carbonyl (C=O) groups is 3. The van der Waals surface area contributed by atoms with Crippen LogP contribution in [0.4, 0.5) is 10.5 Å². The zero-order chi connectivity index (χ0) is 20.2. The van der Waals surface area contributed by atoms with Crippen molar-refractivity contribution in [1.82, 2.24) is 15.1 Å². The molecular weight excluding hydrogens is 368 g/mol. The second-order valence-corrected chi connectivity index (χ2v) is 8.38. The monoisotopic (exact) mass is 398 g/mol. The predicted octanol–water partition coefficient (Wildman–Crippen LogP) is 2.37. The third kappa shape index (κ3) is 4.61. The number of amides is 4. The minimum atomic E-state index is -0.227. The molecule has 4 rings (SSSR count). The lowest BCUT2D eigenvalue weighted by molar-refractivity contribution is -0.123. The van der Waals surface area contributed by atoms with Crippen molar-refractivity contribution in [2.24, 2.45) is 0 Å². The summed E-state index contributed by atoms with van der Waals surface area (Å²) in [7, 11) is 0. The van der Waals surface area contributed by atoms with Crippen LogP contribution in [-0.2, 0) is 9.59 Å². The van der Waals surface area contributed by atoms with Gasteiger partial charge in [-0.1, -0.05) is 37.5 Å². The maximum atomic E-state index is 12.8. The van der Waals surface area contributed by atoms with Gasteiger partial charge in [-0.2, -0.15) is 0 Å². The van der Waals surface area contributed by atoms with Crippen LogP contribution in [0.15, 0.2) is 30.3 Å². The number of imide groups is 1. The van der Waals surface area contributed by atoms with Gasteiger partial charge < -0.3 is 10.2 Å².